The SMILES string of the molecule is Cc1ccc(CC(=O)Nc2cc(Cl)cc(C(=O)O)c2)cc1. The monoisotopic (exact) mass is 303 g/mol. The summed E-state index contributed by atoms with van der Waals surface area (Å²) in [5.41, 5.74) is 2.42. The van der Waals surface area contributed by atoms with Crippen molar-refractivity contribution in [3.8, 4) is 0 Å². The molecule has 0 bridgehead atoms. The second-order valence-electron chi connectivity index (χ2n) is 4.74. The Labute approximate surface area is 127 Å². The molecule has 0 aromatic heterocycles. The number of carbonyl (C=O) groups excluding carboxylic acids is 1. The molecule has 2 aromatic rings. The summed E-state index contributed by atoms with van der Waals surface area (Å²) in [5.74, 6) is -1.32. The van der Waals surface area contributed by atoms with E-state index in [0.29, 0.717) is 5.69 Å². The van der Waals surface area contributed by atoms with E-state index in [2.05, 4.69) is 5.32 Å². The van der Waals surface area contributed by atoms with Crippen LogP contribution in [0.2, 0.25) is 5.02 Å². The molecule has 2 aromatic carbocycles. The molecular formula is C16H14ClNO3. The van der Waals surface area contributed by atoms with E-state index in [1.54, 1.807) is 0 Å². The van der Waals surface area contributed by atoms with Crippen LogP contribution in [0, 0.1) is 6.92 Å². The number of carbonyl (C=O) groups is 2. The van der Waals surface area contributed by atoms with Gasteiger partial charge in [-0.3, -0.25) is 4.79 Å². The summed E-state index contributed by atoms with van der Waals surface area (Å²) in [4.78, 5) is 22.9. The Balaban J connectivity index is 2.09. The number of hydrogen-bond donors (Lipinski definition) is 2. The van der Waals surface area contributed by atoms with Gasteiger partial charge in [0.2, 0.25) is 5.91 Å². The van der Waals surface area contributed by atoms with E-state index in [1.165, 1.54) is 18.2 Å². The molecular weight excluding hydrogens is 290 g/mol. The Morgan fingerprint density at radius 3 is 2.43 bits per heavy atom. The van der Waals surface area contributed by atoms with Crippen molar-refractivity contribution in [3.05, 3.63) is 64.2 Å². The van der Waals surface area contributed by atoms with Crippen LogP contribution in [-0.2, 0) is 11.2 Å². The molecule has 21 heavy (non-hydrogen) atoms. The number of nitrogens with one attached hydrogen (secondary N) is 1. The summed E-state index contributed by atoms with van der Waals surface area (Å²) in [6.07, 6.45) is 0.217. The van der Waals surface area contributed by atoms with Crippen LogP contribution in [0.15, 0.2) is 42.5 Å². The van der Waals surface area contributed by atoms with Gasteiger partial charge in [0, 0.05) is 10.7 Å². The standard InChI is InChI=1S/C16H14ClNO3/c1-10-2-4-11(5-3-10)6-15(19)18-14-8-12(16(20)21)7-13(17)9-14/h2-5,7-9H,6H2,1H3,(H,18,19)(H,20,21). The first-order chi connectivity index (χ1) is 9.94. The Morgan fingerprint density at radius 2 is 1.81 bits per heavy atom. The molecule has 4 nitrogen and oxygen atoms in total. The van der Waals surface area contributed by atoms with Gasteiger partial charge in [-0.25, -0.2) is 4.79 Å². The average molecular weight is 304 g/mol. The predicted molar refractivity (Wildman–Crippen MR) is 81.9 cm³/mol. The first-order valence-corrected chi connectivity index (χ1v) is 6.71. The molecule has 0 saturated heterocycles. The maximum Gasteiger partial charge on any atom is 0.335 e. The number of hydrogen-bond acceptors (Lipinski definition) is 2. The minimum Gasteiger partial charge on any atom is -0.478 e. The van der Waals surface area contributed by atoms with Gasteiger partial charge in [0.25, 0.3) is 0 Å². The number of aryl methyl sites for hydroxylation is 1. The van der Waals surface area contributed by atoms with E-state index in [4.69, 9.17) is 16.7 Å². The van der Waals surface area contributed by atoms with Crippen LogP contribution < -0.4 is 5.32 Å². The first-order valence-electron chi connectivity index (χ1n) is 6.33. The van der Waals surface area contributed by atoms with Crippen LogP contribution in [-0.4, -0.2) is 17.0 Å². The number of carboxylic acids is 1. The molecule has 0 heterocycles. The quantitative estimate of drug-likeness (QED) is 0.908. The van der Waals surface area contributed by atoms with Crippen molar-refractivity contribution in [2.24, 2.45) is 0 Å². The lowest BCUT2D eigenvalue weighted by Crippen LogP contribution is -2.14. The lowest BCUT2D eigenvalue weighted by molar-refractivity contribution is -0.115. The normalized spacial score (nSPS) is 10.2. The molecule has 0 unspecified atom stereocenters. The Bertz CT molecular complexity index is 680. The van der Waals surface area contributed by atoms with Gasteiger partial charge in [0.1, 0.15) is 0 Å². The molecule has 0 aliphatic rings. The van der Waals surface area contributed by atoms with Crippen LogP contribution in [0.25, 0.3) is 0 Å². The molecule has 0 aliphatic carbocycles. The maximum absolute atomic E-state index is 12.0. The van der Waals surface area contributed by atoms with Gasteiger partial charge < -0.3 is 10.4 Å². The average Bonchev–Trinajstić information content (AvgIpc) is 2.40. The molecule has 5 heteroatoms. The summed E-state index contributed by atoms with van der Waals surface area (Å²) >= 11 is 5.84. The topological polar surface area (TPSA) is 66.4 Å². The van der Waals surface area contributed by atoms with Crippen LogP contribution in [0.1, 0.15) is 21.5 Å². The molecule has 108 valence electrons. The third kappa shape index (κ3) is 4.33. The highest BCUT2D eigenvalue weighted by Crippen LogP contribution is 2.19. The summed E-state index contributed by atoms with van der Waals surface area (Å²) in [5, 5.41) is 11.9. The summed E-state index contributed by atoms with van der Waals surface area (Å²) < 4.78 is 0. The van der Waals surface area contributed by atoms with Crippen molar-refractivity contribution in [3.63, 3.8) is 0 Å². The number of rotatable bonds is 4. The smallest absolute Gasteiger partial charge is 0.335 e. The first kappa shape index (κ1) is 15.1. The second kappa shape index (κ2) is 6.41. The molecule has 1 amide bonds. The van der Waals surface area contributed by atoms with Gasteiger partial charge in [-0.2, -0.15) is 0 Å². The highest BCUT2D eigenvalue weighted by molar-refractivity contribution is 6.31. The third-order valence-electron chi connectivity index (χ3n) is 2.91. The zero-order valence-corrected chi connectivity index (χ0v) is 12.1. The zero-order chi connectivity index (χ0) is 15.4. The number of carboxylic acid groups (broad SMARTS) is 1. The van der Waals surface area contributed by atoms with Crippen LogP contribution in [0.3, 0.4) is 0 Å². The van der Waals surface area contributed by atoms with Gasteiger partial charge >= 0.3 is 5.97 Å². The summed E-state index contributed by atoms with van der Waals surface area (Å²) in [6, 6.07) is 11.9. The molecule has 2 rings (SSSR count). The van der Waals surface area contributed by atoms with Gasteiger partial charge in [0.15, 0.2) is 0 Å². The maximum atomic E-state index is 12.0. The molecule has 0 radical (unpaired) electrons. The van der Waals surface area contributed by atoms with E-state index in [1.807, 2.05) is 31.2 Å². The number of anilines is 1. The lowest BCUT2D eigenvalue weighted by atomic mass is 10.1. The molecule has 0 atom stereocenters. The van der Waals surface area contributed by atoms with E-state index in [-0.39, 0.29) is 22.9 Å². The van der Waals surface area contributed by atoms with Gasteiger partial charge in [0.05, 0.1) is 12.0 Å². The highest BCUT2D eigenvalue weighted by Gasteiger charge is 2.09. The minimum absolute atomic E-state index is 0.0353. The minimum atomic E-state index is -1.09. The van der Waals surface area contributed by atoms with Crippen molar-refractivity contribution < 1.29 is 14.7 Å². The number of benzene rings is 2. The van der Waals surface area contributed by atoms with E-state index >= 15 is 0 Å². The third-order valence-corrected chi connectivity index (χ3v) is 3.13. The second-order valence-corrected chi connectivity index (χ2v) is 5.18. The van der Waals surface area contributed by atoms with Gasteiger partial charge in [-0.05, 0) is 30.7 Å². The van der Waals surface area contributed by atoms with E-state index < -0.39 is 5.97 Å². The molecule has 0 fully saturated rings. The van der Waals surface area contributed by atoms with Crippen molar-refractivity contribution in [1.82, 2.24) is 0 Å². The van der Waals surface area contributed by atoms with Gasteiger partial charge in [-0.1, -0.05) is 41.4 Å². The van der Waals surface area contributed by atoms with Crippen LogP contribution >= 0.6 is 11.6 Å². The van der Waals surface area contributed by atoms with Crippen LogP contribution in [0.5, 0.6) is 0 Å². The van der Waals surface area contributed by atoms with E-state index in [0.717, 1.165) is 11.1 Å². The number of amides is 1. The van der Waals surface area contributed by atoms with Crippen molar-refractivity contribution in [2.75, 3.05) is 5.32 Å². The molecule has 0 aliphatic heterocycles. The van der Waals surface area contributed by atoms with Crippen molar-refractivity contribution in [2.45, 2.75) is 13.3 Å². The Morgan fingerprint density at radius 1 is 1.14 bits per heavy atom. The Kier molecular flexibility index (Phi) is 4.60. The number of aromatic carboxylic acids is 1. The van der Waals surface area contributed by atoms with E-state index in [9.17, 15) is 9.59 Å². The highest BCUT2D eigenvalue weighted by atomic mass is 35.5. The molecule has 2 N–H and O–H groups in total. The van der Waals surface area contributed by atoms with Crippen LogP contribution in [0.4, 0.5) is 5.69 Å². The summed E-state index contributed by atoms with van der Waals surface area (Å²) in [6.45, 7) is 1.98. The fourth-order valence-corrected chi connectivity index (χ4v) is 2.12. The fraction of sp³-hybridized carbons (Fsp3) is 0.125. The van der Waals surface area contributed by atoms with Crippen molar-refractivity contribution >= 4 is 29.2 Å². The Hall–Kier alpha value is -2.33. The zero-order valence-electron chi connectivity index (χ0n) is 11.4. The lowest BCUT2D eigenvalue weighted by Gasteiger charge is -2.07. The largest absolute Gasteiger partial charge is 0.478 e. The van der Waals surface area contributed by atoms with Crippen molar-refractivity contribution in [1.29, 1.82) is 0 Å². The fourth-order valence-electron chi connectivity index (χ4n) is 1.88. The molecule has 0 spiro atoms. The van der Waals surface area contributed by atoms with Gasteiger partial charge in [-0.15, -0.1) is 0 Å². The number of halogens is 1. The predicted octanol–water partition coefficient (Wildman–Crippen LogP) is 3.53. The molecule has 0 saturated carbocycles. The summed E-state index contributed by atoms with van der Waals surface area (Å²) in [7, 11) is 0.